The highest BCUT2D eigenvalue weighted by Crippen LogP contribution is 2.69. The molecule has 1 aliphatic heterocycles. The summed E-state index contributed by atoms with van der Waals surface area (Å²) in [4.78, 5) is 14.8. The van der Waals surface area contributed by atoms with Crippen LogP contribution in [0.25, 0.3) is 0 Å². The Balaban J connectivity index is 1.74. The highest BCUT2D eigenvalue weighted by molar-refractivity contribution is 6.42. The van der Waals surface area contributed by atoms with Crippen LogP contribution in [0.3, 0.4) is 0 Å². The summed E-state index contributed by atoms with van der Waals surface area (Å²) in [5.41, 5.74) is 1.41. The number of carbonyl (C=O) groups is 1. The summed E-state index contributed by atoms with van der Waals surface area (Å²) in [5, 5.41) is 1.11. The second kappa shape index (κ2) is 4.86. The zero-order valence-electron chi connectivity index (χ0n) is 12.7. The van der Waals surface area contributed by atoms with Gasteiger partial charge in [-0.1, -0.05) is 29.3 Å². The lowest BCUT2D eigenvalue weighted by Gasteiger charge is -2.68. The van der Waals surface area contributed by atoms with Crippen molar-refractivity contribution in [3.8, 4) is 0 Å². The van der Waals surface area contributed by atoms with Crippen LogP contribution >= 0.6 is 23.2 Å². The average molecular weight is 340 g/mol. The minimum Gasteiger partial charge on any atom is -0.469 e. The summed E-state index contributed by atoms with van der Waals surface area (Å²) in [7, 11) is 3.62. The highest BCUT2D eigenvalue weighted by atomic mass is 35.5. The molecule has 0 radical (unpaired) electrons. The first-order valence-electron chi connectivity index (χ1n) is 7.74. The minimum atomic E-state index is -0.108. The molecule has 5 unspecified atom stereocenters. The van der Waals surface area contributed by atoms with E-state index in [2.05, 4.69) is 11.9 Å². The van der Waals surface area contributed by atoms with Crippen LogP contribution in [-0.2, 0) is 9.53 Å². The zero-order chi connectivity index (χ0) is 15.6. The van der Waals surface area contributed by atoms with Gasteiger partial charge in [-0.25, -0.2) is 0 Å². The van der Waals surface area contributed by atoms with Crippen LogP contribution in [0.15, 0.2) is 18.2 Å². The van der Waals surface area contributed by atoms with Crippen molar-refractivity contribution >= 4 is 29.2 Å². The van der Waals surface area contributed by atoms with Gasteiger partial charge < -0.3 is 4.74 Å². The molecule has 3 nitrogen and oxygen atoms in total. The molecule has 1 aromatic rings. The van der Waals surface area contributed by atoms with E-state index in [1.54, 1.807) is 0 Å². The lowest BCUT2D eigenvalue weighted by molar-refractivity contribution is -0.193. The van der Waals surface area contributed by atoms with Crippen LogP contribution in [0.4, 0.5) is 0 Å². The van der Waals surface area contributed by atoms with Crippen molar-refractivity contribution in [2.45, 2.75) is 37.3 Å². The summed E-state index contributed by atoms with van der Waals surface area (Å²) >= 11 is 12.2. The Kier molecular flexibility index (Phi) is 3.27. The number of carbonyl (C=O) groups excluding carboxylic acids is 1. The Hall–Kier alpha value is -0.770. The second-order valence-electron chi connectivity index (χ2n) is 6.93. The predicted octanol–water partition coefficient (Wildman–Crippen LogP) is 3.73. The van der Waals surface area contributed by atoms with E-state index in [0.29, 0.717) is 27.5 Å². The molecule has 0 amide bonds. The summed E-state index contributed by atoms with van der Waals surface area (Å²) in [6, 6.07) is 6.69. The van der Waals surface area contributed by atoms with Crippen LogP contribution in [-0.4, -0.2) is 37.1 Å². The van der Waals surface area contributed by atoms with Crippen molar-refractivity contribution in [1.29, 1.82) is 0 Å². The van der Waals surface area contributed by atoms with Crippen molar-refractivity contribution in [1.82, 2.24) is 4.90 Å². The topological polar surface area (TPSA) is 29.5 Å². The van der Waals surface area contributed by atoms with Crippen LogP contribution in [0.1, 0.15) is 30.7 Å². The number of methoxy groups -OCH3 is 1. The number of hydrogen-bond acceptors (Lipinski definition) is 3. The standard InChI is InChI=1S/C17H19Cl2NO2/c1-20-13-5-6-17(13)8-10(14(15(17)20)16(21)22-2)9-3-4-11(18)12(19)7-9/h3-4,7,10,13-15H,5-6,8H2,1-2H3. The third-order valence-corrected chi connectivity index (χ3v) is 7.02. The molecule has 1 aromatic carbocycles. The van der Waals surface area contributed by atoms with Crippen LogP contribution < -0.4 is 0 Å². The molecule has 2 aliphatic carbocycles. The summed E-state index contributed by atoms with van der Waals surface area (Å²) in [6.45, 7) is 0. The first kappa shape index (κ1) is 14.8. The van der Waals surface area contributed by atoms with Crippen molar-refractivity contribution in [2.24, 2.45) is 11.3 Å². The maximum absolute atomic E-state index is 12.5. The molecule has 0 N–H and O–H groups in total. The Morgan fingerprint density at radius 1 is 1.36 bits per heavy atom. The van der Waals surface area contributed by atoms with Gasteiger partial charge in [0.15, 0.2) is 0 Å². The van der Waals surface area contributed by atoms with E-state index in [4.69, 9.17) is 27.9 Å². The molecule has 3 aliphatic rings. The number of halogens is 2. The van der Waals surface area contributed by atoms with Crippen LogP contribution in [0, 0.1) is 11.3 Å². The maximum atomic E-state index is 12.5. The number of piperidine rings is 1. The van der Waals surface area contributed by atoms with E-state index in [0.717, 1.165) is 12.0 Å². The molecule has 5 heteroatoms. The minimum absolute atomic E-state index is 0.102. The molecule has 2 saturated carbocycles. The Bertz CT molecular complexity index is 650. The van der Waals surface area contributed by atoms with Gasteiger partial charge in [-0.3, -0.25) is 9.69 Å². The first-order valence-corrected chi connectivity index (χ1v) is 8.50. The molecular weight excluding hydrogens is 321 g/mol. The molecular formula is C17H19Cl2NO2. The van der Waals surface area contributed by atoms with E-state index in [1.807, 2.05) is 18.2 Å². The number of hydrogen-bond donors (Lipinski definition) is 0. The van der Waals surface area contributed by atoms with E-state index in [1.165, 1.54) is 20.0 Å². The average Bonchev–Trinajstić information content (AvgIpc) is 2.84. The van der Waals surface area contributed by atoms with Gasteiger partial charge in [-0.05, 0) is 49.9 Å². The fourth-order valence-corrected chi connectivity index (χ4v) is 5.65. The quantitative estimate of drug-likeness (QED) is 0.769. The van der Waals surface area contributed by atoms with E-state index in [-0.39, 0.29) is 17.8 Å². The fraction of sp³-hybridized carbons (Fsp3) is 0.588. The molecule has 0 bridgehead atoms. The molecule has 4 rings (SSSR count). The third-order valence-electron chi connectivity index (χ3n) is 6.29. The number of rotatable bonds is 2. The molecule has 22 heavy (non-hydrogen) atoms. The van der Waals surface area contributed by atoms with Gasteiger partial charge in [-0.2, -0.15) is 0 Å². The molecule has 1 heterocycles. The molecule has 118 valence electrons. The SMILES string of the molecule is COC(=O)C1C(c2ccc(Cl)c(Cl)c2)CC23CCC2N(C)C13. The monoisotopic (exact) mass is 339 g/mol. The lowest BCUT2D eigenvalue weighted by Crippen LogP contribution is -2.75. The highest BCUT2D eigenvalue weighted by Gasteiger charge is 2.72. The van der Waals surface area contributed by atoms with E-state index >= 15 is 0 Å². The molecule has 5 atom stereocenters. The lowest BCUT2D eigenvalue weighted by atomic mass is 9.53. The van der Waals surface area contributed by atoms with Crippen molar-refractivity contribution in [3.63, 3.8) is 0 Å². The number of benzene rings is 1. The van der Waals surface area contributed by atoms with Gasteiger partial charge in [0.1, 0.15) is 0 Å². The zero-order valence-corrected chi connectivity index (χ0v) is 14.2. The largest absolute Gasteiger partial charge is 0.469 e. The molecule has 0 aromatic heterocycles. The smallest absolute Gasteiger partial charge is 0.310 e. The molecule has 1 spiro atoms. The maximum Gasteiger partial charge on any atom is 0.310 e. The van der Waals surface area contributed by atoms with Gasteiger partial charge in [-0.15, -0.1) is 0 Å². The normalized spacial score (nSPS) is 39.5. The van der Waals surface area contributed by atoms with Gasteiger partial charge in [0, 0.05) is 17.5 Å². The number of nitrogens with zero attached hydrogens (tertiary/aromatic N) is 1. The van der Waals surface area contributed by atoms with Gasteiger partial charge in [0.05, 0.1) is 23.1 Å². The summed E-state index contributed by atoms with van der Waals surface area (Å²) in [6.07, 6.45) is 3.51. The van der Waals surface area contributed by atoms with Crippen molar-refractivity contribution in [2.75, 3.05) is 14.2 Å². The Morgan fingerprint density at radius 2 is 2.14 bits per heavy atom. The van der Waals surface area contributed by atoms with Gasteiger partial charge >= 0.3 is 5.97 Å². The van der Waals surface area contributed by atoms with Gasteiger partial charge in [0.25, 0.3) is 0 Å². The van der Waals surface area contributed by atoms with Crippen molar-refractivity contribution < 1.29 is 9.53 Å². The summed E-state index contributed by atoms with van der Waals surface area (Å²) < 4.78 is 5.12. The number of esters is 1. The van der Waals surface area contributed by atoms with E-state index in [9.17, 15) is 4.79 Å². The third kappa shape index (κ3) is 1.70. The predicted molar refractivity (Wildman–Crippen MR) is 86.3 cm³/mol. The number of ether oxygens (including phenoxy) is 1. The first-order chi connectivity index (χ1) is 10.5. The molecule has 1 saturated heterocycles. The van der Waals surface area contributed by atoms with Crippen LogP contribution in [0.5, 0.6) is 0 Å². The Labute approximate surface area is 140 Å². The fourth-order valence-electron chi connectivity index (χ4n) is 5.34. The number of likely N-dealkylation sites (tertiary alicyclic amines) is 1. The Morgan fingerprint density at radius 3 is 2.73 bits per heavy atom. The van der Waals surface area contributed by atoms with Crippen molar-refractivity contribution in [3.05, 3.63) is 33.8 Å². The molecule has 3 fully saturated rings. The second-order valence-corrected chi connectivity index (χ2v) is 7.75. The van der Waals surface area contributed by atoms with Gasteiger partial charge in [0.2, 0.25) is 0 Å². The van der Waals surface area contributed by atoms with E-state index < -0.39 is 0 Å². The van der Waals surface area contributed by atoms with Crippen LogP contribution in [0.2, 0.25) is 10.0 Å². The summed E-state index contributed by atoms with van der Waals surface area (Å²) in [5.74, 6) is -0.0427.